The minimum Gasteiger partial charge on any atom is -0.390 e. The summed E-state index contributed by atoms with van der Waals surface area (Å²) < 4.78 is 1.58. The molecule has 4 aliphatic rings. The standard InChI is InChI=1S/C27H41N3O3/c1-24(33)11-12-25(2)18(13-24)7-9-27(4)21-6-5-19(26(21,3)10-8-22(25)27)20(31)16-30-15-17(14-29-30)23(28)32/h14-15,18-19,21-22,33H,5-13,16H2,1-4H3,(H2,28,32)/t18-,19+,21+,22+,24+,25-,26+,27-/m0/s1. The Kier molecular flexibility index (Phi) is 5.17. The normalized spacial score (nSPS) is 46.8. The van der Waals surface area contributed by atoms with Crippen molar-refractivity contribution in [3.05, 3.63) is 18.0 Å². The second kappa shape index (κ2) is 7.40. The number of nitrogens with two attached hydrogens (primary N) is 1. The van der Waals surface area contributed by atoms with Crippen molar-refractivity contribution in [1.82, 2.24) is 9.78 Å². The molecule has 0 spiro atoms. The average Bonchev–Trinajstić information content (AvgIpc) is 3.33. The quantitative estimate of drug-likeness (QED) is 0.705. The minimum absolute atomic E-state index is 0.0331. The summed E-state index contributed by atoms with van der Waals surface area (Å²) in [4.78, 5) is 24.9. The Morgan fingerprint density at radius 3 is 2.39 bits per heavy atom. The van der Waals surface area contributed by atoms with Crippen LogP contribution < -0.4 is 5.73 Å². The molecule has 33 heavy (non-hydrogen) atoms. The lowest BCUT2D eigenvalue weighted by molar-refractivity contribution is -0.186. The first kappa shape index (κ1) is 23.1. The van der Waals surface area contributed by atoms with Gasteiger partial charge < -0.3 is 10.8 Å². The summed E-state index contributed by atoms with van der Waals surface area (Å²) in [6.45, 7) is 9.68. The molecular weight excluding hydrogens is 414 g/mol. The Bertz CT molecular complexity index is 970. The van der Waals surface area contributed by atoms with Crippen molar-refractivity contribution in [2.75, 3.05) is 0 Å². The third kappa shape index (κ3) is 3.42. The van der Waals surface area contributed by atoms with Crippen molar-refractivity contribution in [1.29, 1.82) is 0 Å². The summed E-state index contributed by atoms with van der Waals surface area (Å²) in [5, 5.41) is 15.0. The number of Topliss-reactive ketones (excluding diaryl/α,β-unsaturated/α-hetero) is 1. The number of aliphatic hydroxyl groups is 1. The third-order valence-corrected chi connectivity index (χ3v) is 11.2. The Hall–Kier alpha value is -1.69. The fraction of sp³-hybridized carbons (Fsp3) is 0.815. The first-order valence-electron chi connectivity index (χ1n) is 13.0. The van der Waals surface area contributed by atoms with Gasteiger partial charge in [-0.25, -0.2) is 0 Å². The highest BCUT2D eigenvalue weighted by atomic mass is 16.3. The van der Waals surface area contributed by atoms with Crippen molar-refractivity contribution in [3.63, 3.8) is 0 Å². The van der Waals surface area contributed by atoms with E-state index < -0.39 is 11.5 Å². The Morgan fingerprint density at radius 1 is 1.00 bits per heavy atom. The lowest BCUT2D eigenvalue weighted by Gasteiger charge is -2.66. The number of aromatic nitrogens is 2. The van der Waals surface area contributed by atoms with Gasteiger partial charge in [0.05, 0.1) is 23.9 Å². The molecule has 182 valence electrons. The first-order valence-corrected chi connectivity index (χ1v) is 13.0. The van der Waals surface area contributed by atoms with Crippen LogP contribution in [0, 0.1) is 39.9 Å². The number of ketones is 1. The van der Waals surface area contributed by atoms with E-state index >= 15 is 0 Å². The van der Waals surface area contributed by atoms with E-state index in [1.165, 1.54) is 25.5 Å². The molecule has 6 heteroatoms. The van der Waals surface area contributed by atoms with Crippen LogP contribution in [0.25, 0.3) is 0 Å². The summed E-state index contributed by atoms with van der Waals surface area (Å²) in [6, 6.07) is 0. The van der Waals surface area contributed by atoms with Gasteiger partial charge in [0.15, 0.2) is 5.78 Å². The molecule has 4 saturated carbocycles. The Balaban J connectivity index is 1.37. The van der Waals surface area contributed by atoms with Crippen LogP contribution in [-0.4, -0.2) is 32.2 Å². The number of hydrogen-bond acceptors (Lipinski definition) is 4. The van der Waals surface area contributed by atoms with Crippen LogP contribution in [0.2, 0.25) is 0 Å². The summed E-state index contributed by atoms with van der Waals surface area (Å²) >= 11 is 0. The van der Waals surface area contributed by atoms with Crippen LogP contribution in [0.4, 0.5) is 0 Å². The third-order valence-electron chi connectivity index (χ3n) is 11.2. The molecule has 5 rings (SSSR count). The van der Waals surface area contributed by atoms with Crippen molar-refractivity contribution in [3.8, 4) is 0 Å². The Labute approximate surface area is 197 Å². The van der Waals surface area contributed by atoms with E-state index in [2.05, 4.69) is 25.9 Å². The van der Waals surface area contributed by atoms with Gasteiger partial charge in [-0.1, -0.05) is 20.8 Å². The minimum atomic E-state index is -0.513. The van der Waals surface area contributed by atoms with Gasteiger partial charge in [-0.2, -0.15) is 5.10 Å². The molecule has 8 atom stereocenters. The number of primary amides is 1. The van der Waals surface area contributed by atoms with Gasteiger partial charge in [0.25, 0.3) is 5.91 Å². The lowest BCUT2D eigenvalue weighted by Crippen LogP contribution is -2.60. The molecule has 0 bridgehead atoms. The molecule has 0 aliphatic heterocycles. The van der Waals surface area contributed by atoms with Crippen LogP contribution in [0.1, 0.15) is 95.8 Å². The van der Waals surface area contributed by atoms with E-state index in [1.54, 1.807) is 10.9 Å². The monoisotopic (exact) mass is 455 g/mol. The lowest BCUT2D eigenvalue weighted by atomic mass is 9.39. The SMILES string of the molecule is C[C@@]1(O)CC[C@@]2(C)[C@@H](CC[C@]3(C)[C@@H]2CC[C@@]2(C)[C@H]3CC[C@@H]2C(=O)Cn2cc(C(N)=O)cn2)C1. The maximum atomic E-state index is 13.5. The molecule has 6 nitrogen and oxygen atoms in total. The van der Waals surface area contributed by atoms with Crippen molar-refractivity contribution in [2.45, 2.75) is 97.6 Å². The zero-order chi connectivity index (χ0) is 23.8. The number of carbonyl (C=O) groups excluding carboxylic acids is 2. The van der Waals surface area contributed by atoms with Crippen LogP contribution >= 0.6 is 0 Å². The van der Waals surface area contributed by atoms with Gasteiger partial charge in [0, 0.05) is 12.1 Å². The second-order valence-corrected chi connectivity index (χ2v) is 13.0. The molecule has 0 aromatic carbocycles. The van der Waals surface area contributed by atoms with E-state index in [1.807, 2.05) is 6.92 Å². The van der Waals surface area contributed by atoms with Gasteiger partial charge in [-0.15, -0.1) is 0 Å². The first-order chi connectivity index (χ1) is 15.4. The molecule has 0 radical (unpaired) electrons. The molecule has 1 amide bonds. The summed E-state index contributed by atoms with van der Waals surface area (Å²) in [5.41, 5.74) is 5.79. The number of rotatable bonds is 4. The van der Waals surface area contributed by atoms with E-state index in [9.17, 15) is 14.7 Å². The van der Waals surface area contributed by atoms with Crippen LogP contribution in [0.5, 0.6) is 0 Å². The molecule has 1 heterocycles. The summed E-state index contributed by atoms with van der Waals surface area (Å²) in [6.07, 6.45) is 12.8. The van der Waals surface area contributed by atoms with Crippen molar-refractivity contribution < 1.29 is 14.7 Å². The molecule has 3 N–H and O–H groups in total. The van der Waals surface area contributed by atoms with Gasteiger partial charge in [0.2, 0.25) is 0 Å². The zero-order valence-corrected chi connectivity index (χ0v) is 20.8. The highest BCUT2D eigenvalue weighted by Gasteiger charge is 2.66. The maximum absolute atomic E-state index is 13.5. The van der Waals surface area contributed by atoms with Gasteiger partial charge >= 0.3 is 0 Å². The maximum Gasteiger partial charge on any atom is 0.251 e. The number of amides is 1. The molecule has 4 fully saturated rings. The predicted molar refractivity (Wildman–Crippen MR) is 126 cm³/mol. The van der Waals surface area contributed by atoms with E-state index in [4.69, 9.17) is 5.73 Å². The predicted octanol–water partition coefficient (Wildman–Crippen LogP) is 4.35. The van der Waals surface area contributed by atoms with Crippen molar-refractivity contribution >= 4 is 11.7 Å². The highest BCUT2D eigenvalue weighted by Crippen LogP contribution is 2.72. The largest absolute Gasteiger partial charge is 0.390 e. The molecule has 1 aromatic heterocycles. The van der Waals surface area contributed by atoms with E-state index in [0.29, 0.717) is 28.7 Å². The van der Waals surface area contributed by atoms with E-state index in [0.717, 1.165) is 38.5 Å². The van der Waals surface area contributed by atoms with Gasteiger partial charge in [-0.3, -0.25) is 14.3 Å². The number of nitrogens with zero attached hydrogens (tertiary/aromatic N) is 2. The van der Waals surface area contributed by atoms with Crippen LogP contribution in [0.15, 0.2) is 12.4 Å². The molecule has 0 saturated heterocycles. The number of hydrogen-bond donors (Lipinski definition) is 2. The highest BCUT2D eigenvalue weighted by molar-refractivity contribution is 5.92. The van der Waals surface area contributed by atoms with Gasteiger partial charge in [0.1, 0.15) is 0 Å². The van der Waals surface area contributed by atoms with Crippen LogP contribution in [-0.2, 0) is 11.3 Å². The molecule has 4 aliphatic carbocycles. The average molecular weight is 456 g/mol. The second-order valence-electron chi connectivity index (χ2n) is 13.0. The van der Waals surface area contributed by atoms with Crippen molar-refractivity contribution in [2.24, 2.45) is 45.7 Å². The Morgan fingerprint density at radius 2 is 1.70 bits per heavy atom. The summed E-state index contributed by atoms with van der Waals surface area (Å²) in [5.74, 6) is 1.64. The molecule has 0 unspecified atom stereocenters. The van der Waals surface area contributed by atoms with E-state index in [-0.39, 0.29) is 29.1 Å². The zero-order valence-electron chi connectivity index (χ0n) is 20.8. The number of fused-ring (bicyclic) bond motifs is 5. The molecule has 1 aromatic rings. The smallest absolute Gasteiger partial charge is 0.251 e. The fourth-order valence-corrected chi connectivity index (χ4v) is 9.49. The van der Waals surface area contributed by atoms with Gasteiger partial charge in [-0.05, 0) is 98.7 Å². The van der Waals surface area contributed by atoms with Crippen LogP contribution in [0.3, 0.4) is 0 Å². The fourth-order valence-electron chi connectivity index (χ4n) is 9.49. The topological polar surface area (TPSA) is 98.2 Å². The molecular formula is C27H41N3O3. The summed E-state index contributed by atoms with van der Waals surface area (Å²) in [7, 11) is 0. The number of carbonyl (C=O) groups is 2.